The van der Waals surface area contributed by atoms with Gasteiger partial charge in [-0.3, -0.25) is 4.79 Å². The first-order chi connectivity index (χ1) is 10.5. The van der Waals surface area contributed by atoms with Crippen LogP contribution in [0, 0.1) is 0 Å². The predicted octanol–water partition coefficient (Wildman–Crippen LogP) is 2.78. The highest BCUT2D eigenvalue weighted by atomic mass is 32.2. The monoisotopic (exact) mass is 323 g/mol. The van der Waals surface area contributed by atoms with E-state index in [-0.39, 0.29) is 16.9 Å². The second-order valence-corrected chi connectivity index (χ2v) is 8.26. The van der Waals surface area contributed by atoms with Crippen molar-refractivity contribution in [3.05, 3.63) is 35.9 Å². The maximum absolute atomic E-state index is 12.5. The fourth-order valence-electron chi connectivity index (χ4n) is 2.87. The second-order valence-electron chi connectivity index (χ2n) is 5.98. The molecule has 1 aromatic rings. The van der Waals surface area contributed by atoms with Crippen LogP contribution in [0.2, 0.25) is 0 Å². The number of carbonyl (C=O) groups excluding carboxylic acids is 1. The molecule has 1 aliphatic rings. The Balaban J connectivity index is 1.89. The van der Waals surface area contributed by atoms with Crippen LogP contribution in [0.5, 0.6) is 0 Å². The van der Waals surface area contributed by atoms with Crippen molar-refractivity contribution in [1.82, 2.24) is 4.90 Å². The lowest BCUT2D eigenvalue weighted by Gasteiger charge is -2.31. The number of carbonyl (C=O) groups is 1. The third-order valence-corrected chi connectivity index (χ3v) is 6.48. The van der Waals surface area contributed by atoms with Gasteiger partial charge in [0, 0.05) is 19.5 Å². The summed E-state index contributed by atoms with van der Waals surface area (Å²) in [6.07, 6.45) is 3.62. The summed E-state index contributed by atoms with van der Waals surface area (Å²) in [5, 5.41) is -0.317. The highest BCUT2D eigenvalue weighted by Crippen LogP contribution is 2.22. The van der Waals surface area contributed by atoms with Gasteiger partial charge in [-0.15, -0.1) is 0 Å². The topological polar surface area (TPSA) is 54.5 Å². The average molecular weight is 323 g/mol. The van der Waals surface area contributed by atoms with E-state index < -0.39 is 9.84 Å². The van der Waals surface area contributed by atoms with Crippen molar-refractivity contribution in [2.75, 3.05) is 13.1 Å². The molecule has 0 radical (unpaired) electrons. The van der Waals surface area contributed by atoms with Crippen LogP contribution in [0.15, 0.2) is 30.3 Å². The molecule has 0 saturated carbocycles. The van der Waals surface area contributed by atoms with Crippen molar-refractivity contribution in [1.29, 1.82) is 0 Å². The van der Waals surface area contributed by atoms with Crippen LogP contribution in [0.25, 0.3) is 0 Å². The molecule has 122 valence electrons. The predicted molar refractivity (Wildman–Crippen MR) is 88.2 cm³/mol. The molecular formula is C17H25NO3S. The molecular weight excluding hydrogens is 298 g/mol. The minimum atomic E-state index is -3.14. The number of sulfone groups is 1. The number of benzene rings is 1. The minimum absolute atomic E-state index is 0.0995. The van der Waals surface area contributed by atoms with Crippen molar-refractivity contribution in [3.63, 3.8) is 0 Å². The van der Waals surface area contributed by atoms with Crippen molar-refractivity contribution in [3.8, 4) is 0 Å². The summed E-state index contributed by atoms with van der Waals surface area (Å²) in [6, 6.07) is 9.30. The Kier molecular flexibility index (Phi) is 6.00. The first-order valence-electron chi connectivity index (χ1n) is 8.06. The number of rotatable bonds is 6. The molecule has 4 nitrogen and oxygen atoms in total. The smallest absolute Gasteiger partial charge is 0.222 e. The average Bonchev–Trinajstić information content (AvgIpc) is 2.53. The van der Waals surface area contributed by atoms with Crippen molar-refractivity contribution in [2.45, 2.75) is 50.0 Å². The molecule has 0 unspecified atom stereocenters. The Hall–Kier alpha value is -1.36. The third kappa shape index (κ3) is 4.57. The molecule has 1 heterocycles. The van der Waals surface area contributed by atoms with E-state index in [2.05, 4.69) is 6.92 Å². The highest BCUT2D eigenvalue weighted by Gasteiger charge is 2.31. The molecule has 0 aliphatic carbocycles. The zero-order valence-electron chi connectivity index (χ0n) is 13.2. The Morgan fingerprint density at radius 2 is 1.82 bits per heavy atom. The van der Waals surface area contributed by atoms with Crippen LogP contribution in [0.1, 0.15) is 44.6 Å². The van der Waals surface area contributed by atoms with Crippen LogP contribution in [0.3, 0.4) is 0 Å². The van der Waals surface area contributed by atoms with Crippen molar-refractivity contribution in [2.24, 2.45) is 0 Å². The maximum atomic E-state index is 12.5. The Morgan fingerprint density at radius 1 is 1.18 bits per heavy atom. The lowest BCUT2D eigenvalue weighted by Crippen LogP contribution is -2.42. The van der Waals surface area contributed by atoms with E-state index in [0.717, 1.165) is 18.4 Å². The van der Waals surface area contributed by atoms with Crippen LogP contribution in [0.4, 0.5) is 0 Å². The quantitative estimate of drug-likeness (QED) is 0.809. The van der Waals surface area contributed by atoms with Gasteiger partial charge in [0.2, 0.25) is 5.91 Å². The molecule has 5 heteroatoms. The van der Waals surface area contributed by atoms with Crippen molar-refractivity contribution < 1.29 is 13.2 Å². The molecule has 0 aromatic heterocycles. The number of amides is 1. The fourth-order valence-corrected chi connectivity index (χ4v) is 4.70. The van der Waals surface area contributed by atoms with Gasteiger partial charge in [-0.2, -0.15) is 0 Å². The standard InChI is InChI=1S/C17H25NO3S/c1-2-3-9-17(19)18-12-10-16(11-13-18)22(20,21)14-15-7-5-4-6-8-15/h4-8,16H,2-3,9-14H2,1H3. The lowest BCUT2D eigenvalue weighted by molar-refractivity contribution is -0.132. The molecule has 1 fully saturated rings. The van der Waals surface area contributed by atoms with Gasteiger partial charge in [-0.25, -0.2) is 8.42 Å². The summed E-state index contributed by atoms with van der Waals surface area (Å²) in [5.74, 6) is 0.267. The van der Waals surface area contributed by atoms with E-state index in [1.165, 1.54) is 0 Å². The third-order valence-electron chi connectivity index (χ3n) is 4.26. The number of nitrogens with zero attached hydrogens (tertiary/aromatic N) is 1. The Labute approximate surface area is 133 Å². The molecule has 22 heavy (non-hydrogen) atoms. The van der Waals surface area contributed by atoms with Gasteiger partial charge in [-0.1, -0.05) is 43.7 Å². The van der Waals surface area contributed by atoms with Crippen LogP contribution in [-0.4, -0.2) is 37.6 Å². The number of hydrogen-bond donors (Lipinski definition) is 0. The first-order valence-corrected chi connectivity index (χ1v) is 9.77. The molecule has 0 bridgehead atoms. The number of hydrogen-bond acceptors (Lipinski definition) is 3. The van der Waals surface area contributed by atoms with Gasteiger partial charge in [0.1, 0.15) is 0 Å². The highest BCUT2D eigenvalue weighted by molar-refractivity contribution is 7.91. The van der Waals surface area contributed by atoms with Crippen LogP contribution < -0.4 is 0 Å². The van der Waals surface area contributed by atoms with Gasteiger partial charge in [0.05, 0.1) is 11.0 Å². The van der Waals surface area contributed by atoms with Crippen LogP contribution in [-0.2, 0) is 20.4 Å². The first kappa shape index (κ1) is 17.0. The van der Waals surface area contributed by atoms with Gasteiger partial charge in [0.15, 0.2) is 9.84 Å². The van der Waals surface area contributed by atoms with Crippen LogP contribution >= 0.6 is 0 Å². The number of piperidine rings is 1. The molecule has 2 rings (SSSR count). The van der Waals surface area contributed by atoms with Gasteiger partial charge >= 0.3 is 0 Å². The normalized spacial score (nSPS) is 16.7. The molecule has 1 saturated heterocycles. The molecule has 1 aromatic carbocycles. The largest absolute Gasteiger partial charge is 0.343 e. The van der Waals surface area contributed by atoms with Gasteiger partial charge in [0.25, 0.3) is 0 Å². The summed E-state index contributed by atoms with van der Waals surface area (Å²) in [7, 11) is -3.14. The summed E-state index contributed by atoms with van der Waals surface area (Å²) in [4.78, 5) is 13.8. The van der Waals surface area contributed by atoms with E-state index in [1.807, 2.05) is 35.2 Å². The van der Waals surface area contributed by atoms with E-state index in [0.29, 0.717) is 32.4 Å². The molecule has 0 atom stereocenters. The van der Waals surface area contributed by atoms with Crippen molar-refractivity contribution >= 4 is 15.7 Å². The maximum Gasteiger partial charge on any atom is 0.222 e. The molecule has 0 N–H and O–H groups in total. The molecule has 0 spiro atoms. The Bertz CT molecular complexity index is 575. The van der Waals surface area contributed by atoms with Gasteiger partial charge in [-0.05, 0) is 24.8 Å². The van der Waals surface area contributed by atoms with E-state index >= 15 is 0 Å². The summed E-state index contributed by atoms with van der Waals surface area (Å²) in [5.41, 5.74) is 0.837. The second kappa shape index (κ2) is 7.77. The zero-order chi connectivity index (χ0) is 16.0. The van der Waals surface area contributed by atoms with E-state index in [1.54, 1.807) is 0 Å². The van der Waals surface area contributed by atoms with Gasteiger partial charge < -0.3 is 4.90 Å². The Morgan fingerprint density at radius 3 is 2.41 bits per heavy atom. The number of likely N-dealkylation sites (tertiary alicyclic amines) is 1. The van der Waals surface area contributed by atoms with E-state index in [4.69, 9.17) is 0 Å². The summed E-state index contributed by atoms with van der Waals surface area (Å²) >= 11 is 0. The molecule has 1 amide bonds. The summed E-state index contributed by atoms with van der Waals surface area (Å²) < 4.78 is 25.0. The number of unbranched alkanes of at least 4 members (excludes halogenated alkanes) is 1. The summed E-state index contributed by atoms with van der Waals surface area (Å²) in [6.45, 7) is 3.21. The molecule has 1 aliphatic heterocycles. The SMILES string of the molecule is CCCCC(=O)N1CCC(S(=O)(=O)Cc2ccccc2)CC1. The zero-order valence-corrected chi connectivity index (χ0v) is 14.0. The minimum Gasteiger partial charge on any atom is -0.343 e. The fraction of sp³-hybridized carbons (Fsp3) is 0.588. The lowest BCUT2D eigenvalue weighted by atomic mass is 10.1. The van der Waals surface area contributed by atoms with E-state index in [9.17, 15) is 13.2 Å².